The number of amides is 1. The lowest BCUT2D eigenvalue weighted by atomic mass is 10.2. The van der Waals surface area contributed by atoms with Crippen LogP contribution < -0.4 is 0 Å². The van der Waals surface area contributed by atoms with Crippen molar-refractivity contribution in [1.82, 2.24) is 4.90 Å². The third-order valence-electron chi connectivity index (χ3n) is 2.62. The maximum atomic E-state index is 12.2. The van der Waals surface area contributed by atoms with Gasteiger partial charge in [-0.25, -0.2) is 0 Å². The molecule has 3 nitrogen and oxygen atoms in total. The van der Waals surface area contributed by atoms with Crippen molar-refractivity contribution < 1.29 is 9.90 Å². The normalized spacial score (nSPS) is 17.9. The van der Waals surface area contributed by atoms with Crippen LogP contribution in [0.5, 0.6) is 5.75 Å². The summed E-state index contributed by atoms with van der Waals surface area (Å²) in [7, 11) is 0. The molecule has 2 rings (SSSR count). The molecule has 0 atom stereocenters. The zero-order valence-electron chi connectivity index (χ0n) is 10.4. The molecular weight excluding hydrogens is 346 g/mol. The molecule has 1 aliphatic rings. The van der Waals surface area contributed by atoms with Crippen LogP contribution >= 0.6 is 39.9 Å². The molecular formula is C13H12BrNO2S2. The molecule has 6 heteroatoms. The molecule has 19 heavy (non-hydrogen) atoms. The van der Waals surface area contributed by atoms with E-state index in [0.717, 1.165) is 4.47 Å². The van der Waals surface area contributed by atoms with Crippen LogP contribution in [0, 0.1) is 0 Å². The Kier molecular flexibility index (Phi) is 4.32. The fraction of sp³-hybridized carbons (Fsp3) is 0.231. The fourth-order valence-electron chi connectivity index (χ4n) is 1.71. The molecule has 1 aliphatic heterocycles. The Bertz CT molecular complexity index is 584. The second-order valence-electron chi connectivity index (χ2n) is 4.35. The summed E-state index contributed by atoms with van der Waals surface area (Å²) in [6, 6.07) is 5.12. The number of thiocarbonyl (C=S) groups is 1. The van der Waals surface area contributed by atoms with Crippen molar-refractivity contribution in [3.05, 3.63) is 33.1 Å². The molecule has 100 valence electrons. The van der Waals surface area contributed by atoms with Crippen molar-refractivity contribution in [2.45, 2.75) is 19.9 Å². The Morgan fingerprint density at radius 3 is 2.74 bits per heavy atom. The van der Waals surface area contributed by atoms with Gasteiger partial charge in [-0.2, -0.15) is 0 Å². The van der Waals surface area contributed by atoms with Gasteiger partial charge in [0, 0.05) is 16.1 Å². The van der Waals surface area contributed by atoms with Crippen LogP contribution in [0.3, 0.4) is 0 Å². The highest BCUT2D eigenvalue weighted by atomic mass is 79.9. The lowest BCUT2D eigenvalue weighted by Gasteiger charge is -2.18. The molecule has 1 saturated heterocycles. The van der Waals surface area contributed by atoms with Crippen molar-refractivity contribution >= 4 is 56.2 Å². The van der Waals surface area contributed by atoms with Gasteiger partial charge in [0.1, 0.15) is 10.1 Å². The van der Waals surface area contributed by atoms with E-state index in [9.17, 15) is 9.90 Å². The van der Waals surface area contributed by atoms with Crippen LogP contribution in [-0.2, 0) is 4.79 Å². The van der Waals surface area contributed by atoms with E-state index in [0.29, 0.717) is 14.8 Å². The fourth-order valence-corrected chi connectivity index (χ4v) is 3.60. The summed E-state index contributed by atoms with van der Waals surface area (Å²) >= 11 is 9.80. The van der Waals surface area contributed by atoms with Gasteiger partial charge in [-0.15, -0.1) is 0 Å². The van der Waals surface area contributed by atoms with Crippen LogP contribution in [0.15, 0.2) is 27.6 Å². The molecule has 0 unspecified atom stereocenters. The highest BCUT2D eigenvalue weighted by Crippen LogP contribution is 2.35. The first-order chi connectivity index (χ1) is 8.90. The monoisotopic (exact) mass is 357 g/mol. The first-order valence-corrected chi connectivity index (χ1v) is 7.67. The zero-order chi connectivity index (χ0) is 14.2. The summed E-state index contributed by atoms with van der Waals surface area (Å²) < 4.78 is 1.40. The standard InChI is InChI=1S/C13H12BrNO2S2/c1-7(2)15-12(17)11(19-13(15)18)6-8-5-9(14)3-4-10(8)16/h3-7,16H,1-2H3/b11-6-. The maximum absolute atomic E-state index is 12.2. The Morgan fingerprint density at radius 1 is 1.47 bits per heavy atom. The third-order valence-corrected chi connectivity index (χ3v) is 4.44. The van der Waals surface area contributed by atoms with E-state index in [4.69, 9.17) is 12.2 Å². The van der Waals surface area contributed by atoms with E-state index in [1.165, 1.54) is 11.8 Å². The Labute approximate surface area is 129 Å². The molecule has 1 fully saturated rings. The summed E-state index contributed by atoms with van der Waals surface area (Å²) in [6.07, 6.45) is 1.67. The first-order valence-electron chi connectivity index (χ1n) is 5.65. The molecule has 1 aromatic rings. The van der Waals surface area contributed by atoms with E-state index >= 15 is 0 Å². The summed E-state index contributed by atoms with van der Waals surface area (Å²) in [5, 5.41) is 9.79. The second kappa shape index (κ2) is 5.64. The molecule has 0 spiro atoms. The number of thioether (sulfide) groups is 1. The van der Waals surface area contributed by atoms with Crippen molar-refractivity contribution in [2.75, 3.05) is 0 Å². The molecule has 0 aliphatic carbocycles. The van der Waals surface area contributed by atoms with Crippen LogP contribution in [0.2, 0.25) is 0 Å². The molecule has 1 heterocycles. The largest absolute Gasteiger partial charge is 0.507 e. The van der Waals surface area contributed by atoms with Crippen molar-refractivity contribution in [3.8, 4) is 5.75 Å². The summed E-state index contributed by atoms with van der Waals surface area (Å²) in [5.74, 6) is 0.0300. The SMILES string of the molecule is CC(C)N1C(=O)/C(=C/c2cc(Br)ccc2O)SC1=S. The molecule has 0 aromatic heterocycles. The van der Waals surface area contributed by atoms with Crippen molar-refractivity contribution in [2.24, 2.45) is 0 Å². The molecule has 1 aromatic carbocycles. The number of nitrogens with zero attached hydrogens (tertiary/aromatic N) is 1. The summed E-state index contributed by atoms with van der Waals surface area (Å²) in [6.45, 7) is 3.84. The average Bonchev–Trinajstić information content (AvgIpc) is 2.59. The molecule has 0 radical (unpaired) electrons. The van der Waals surface area contributed by atoms with E-state index in [-0.39, 0.29) is 17.7 Å². The van der Waals surface area contributed by atoms with E-state index in [1.807, 2.05) is 13.8 Å². The molecule has 0 bridgehead atoms. The predicted molar refractivity (Wildman–Crippen MR) is 86.0 cm³/mol. The number of hydrogen-bond acceptors (Lipinski definition) is 4. The minimum absolute atomic E-state index is 0.0366. The smallest absolute Gasteiger partial charge is 0.266 e. The van der Waals surface area contributed by atoms with Crippen LogP contribution in [0.25, 0.3) is 6.08 Å². The topological polar surface area (TPSA) is 40.5 Å². The van der Waals surface area contributed by atoms with Gasteiger partial charge < -0.3 is 5.11 Å². The van der Waals surface area contributed by atoms with E-state index in [1.54, 1.807) is 29.2 Å². The third kappa shape index (κ3) is 3.01. The predicted octanol–water partition coefficient (Wildman–Crippen LogP) is 3.76. The summed E-state index contributed by atoms with van der Waals surface area (Å²) in [5.41, 5.74) is 0.596. The van der Waals surface area contributed by atoms with Gasteiger partial charge >= 0.3 is 0 Å². The quantitative estimate of drug-likeness (QED) is 0.646. The molecule has 1 N–H and O–H groups in total. The lowest BCUT2D eigenvalue weighted by molar-refractivity contribution is -0.123. The molecule has 0 saturated carbocycles. The number of rotatable bonds is 2. The number of phenolic OH excluding ortho intramolecular Hbond substituents is 1. The van der Waals surface area contributed by atoms with Gasteiger partial charge in [-0.1, -0.05) is 39.9 Å². The highest BCUT2D eigenvalue weighted by Gasteiger charge is 2.33. The number of halogens is 1. The van der Waals surface area contributed by atoms with Gasteiger partial charge in [-0.05, 0) is 38.1 Å². The van der Waals surface area contributed by atoms with Gasteiger partial charge in [-0.3, -0.25) is 9.69 Å². The van der Waals surface area contributed by atoms with Gasteiger partial charge in [0.2, 0.25) is 0 Å². The number of carbonyl (C=O) groups excluding carboxylic acids is 1. The Morgan fingerprint density at radius 2 is 2.16 bits per heavy atom. The first kappa shape index (κ1) is 14.6. The van der Waals surface area contributed by atoms with Crippen LogP contribution in [0.1, 0.15) is 19.4 Å². The minimum atomic E-state index is -0.107. The minimum Gasteiger partial charge on any atom is -0.507 e. The number of benzene rings is 1. The number of aromatic hydroxyl groups is 1. The van der Waals surface area contributed by atoms with Crippen molar-refractivity contribution in [1.29, 1.82) is 0 Å². The number of hydrogen-bond donors (Lipinski definition) is 1. The number of phenols is 1. The van der Waals surface area contributed by atoms with Gasteiger partial charge in [0.25, 0.3) is 5.91 Å². The highest BCUT2D eigenvalue weighted by molar-refractivity contribution is 9.10. The van der Waals surface area contributed by atoms with Crippen LogP contribution in [0.4, 0.5) is 0 Å². The Balaban J connectivity index is 2.38. The Hall–Kier alpha value is -0.850. The molecule has 1 amide bonds. The van der Waals surface area contributed by atoms with Crippen molar-refractivity contribution in [3.63, 3.8) is 0 Å². The van der Waals surface area contributed by atoms with E-state index in [2.05, 4.69) is 15.9 Å². The van der Waals surface area contributed by atoms with E-state index < -0.39 is 0 Å². The maximum Gasteiger partial charge on any atom is 0.266 e. The number of carbonyl (C=O) groups is 1. The second-order valence-corrected chi connectivity index (χ2v) is 6.94. The van der Waals surface area contributed by atoms with Gasteiger partial charge in [0.15, 0.2) is 0 Å². The average molecular weight is 358 g/mol. The lowest BCUT2D eigenvalue weighted by Crippen LogP contribution is -2.34. The summed E-state index contributed by atoms with van der Waals surface area (Å²) in [4.78, 5) is 14.3. The van der Waals surface area contributed by atoms with Crippen LogP contribution in [-0.4, -0.2) is 26.3 Å². The zero-order valence-corrected chi connectivity index (χ0v) is 13.6. The van der Waals surface area contributed by atoms with Gasteiger partial charge in [0.05, 0.1) is 4.91 Å².